The molecule has 0 saturated carbocycles. The van der Waals surface area contributed by atoms with Crippen molar-refractivity contribution >= 4 is 35.3 Å². The Balaban J connectivity index is 1.90. The lowest BCUT2D eigenvalue weighted by Gasteiger charge is -2.17. The zero-order valence-electron chi connectivity index (χ0n) is 15.0. The number of benzene rings is 1. The fourth-order valence-corrected chi connectivity index (χ4v) is 2.60. The Hall–Kier alpha value is -2.42. The van der Waals surface area contributed by atoms with E-state index in [0.29, 0.717) is 28.9 Å². The molecule has 0 aliphatic heterocycles. The summed E-state index contributed by atoms with van der Waals surface area (Å²) in [6, 6.07) is 5.94. The van der Waals surface area contributed by atoms with Crippen LogP contribution in [0.3, 0.4) is 0 Å². The number of carbonyl (C=O) groups excluding carboxylic acids is 1. The van der Waals surface area contributed by atoms with Gasteiger partial charge in [0, 0.05) is 11.7 Å². The zero-order chi connectivity index (χ0) is 19.1. The normalized spacial score (nSPS) is 12.0. The molecular formula is C17H23FN6OS. The van der Waals surface area contributed by atoms with Crippen molar-refractivity contribution in [1.82, 2.24) is 20.3 Å². The summed E-state index contributed by atoms with van der Waals surface area (Å²) < 4.78 is 13.0. The number of nitrogen functional groups attached to an aromatic ring is 1. The van der Waals surface area contributed by atoms with Crippen LogP contribution in [0.5, 0.6) is 0 Å². The maximum absolute atomic E-state index is 13.0. The van der Waals surface area contributed by atoms with Crippen LogP contribution in [0.15, 0.2) is 24.3 Å². The number of aromatic nitrogens is 3. The van der Waals surface area contributed by atoms with E-state index in [1.54, 1.807) is 12.1 Å². The van der Waals surface area contributed by atoms with Crippen LogP contribution in [-0.4, -0.2) is 32.7 Å². The quantitative estimate of drug-likeness (QED) is 0.648. The monoisotopic (exact) mass is 378 g/mol. The number of anilines is 3. The molecular weight excluding hydrogens is 355 g/mol. The SMILES string of the molecule is CC(C)C(C)NC(=O)CSCc1nc(N)nc(Nc2ccc(F)cc2)n1. The highest BCUT2D eigenvalue weighted by molar-refractivity contribution is 7.99. The molecule has 0 fully saturated rings. The topological polar surface area (TPSA) is 106 Å². The molecule has 1 aromatic carbocycles. The molecule has 7 nitrogen and oxygen atoms in total. The Labute approximate surface area is 156 Å². The number of thioether (sulfide) groups is 1. The summed E-state index contributed by atoms with van der Waals surface area (Å²) in [6.45, 7) is 6.09. The Kier molecular flexibility index (Phi) is 7.14. The minimum absolute atomic E-state index is 0.0251. The van der Waals surface area contributed by atoms with E-state index in [-0.39, 0.29) is 29.7 Å². The van der Waals surface area contributed by atoms with Crippen molar-refractivity contribution < 1.29 is 9.18 Å². The van der Waals surface area contributed by atoms with Gasteiger partial charge in [-0.3, -0.25) is 4.79 Å². The van der Waals surface area contributed by atoms with Crippen LogP contribution < -0.4 is 16.4 Å². The molecule has 1 aromatic heterocycles. The molecule has 9 heteroatoms. The molecule has 0 saturated heterocycles. The van der Waals surface area contributed by atoms with E-state index in [1.807, 2.05) is 6.92 Å². The predicted molar refractivity (Wildman–Crippen MR) is 103 cm³/mol. The second-order valence-corrected chi connectivity index (χ2v) is 7.14. The van der Waals surface area contributed by atoms with E-state index in [4.69, 9.17) is 5.73 Å². The number of nitrogens with one attached hydrogen (secondary N) is 2. The van der Waals surface area contributed by atoms with Gasteiger partial charge in [-0.15, -0.1) is 11.8 Å². The Morgan fingerprint density at radius 3 is 2.54 bits per heavy atom. The van der Waals surface area contributed by atoms with Crippen LogP contribution in [0.4, 0.5) is 22.0 Å². The lowest BCUT2D eigenvalue weighted by atomic mass is 10.1. The highest BCUT2D eigenvalue weighted by Gasteiger charge is 2.11. The molecule has 2 aromatic rings. The van der Waals surface area contributed by atoms with Crippen molar-refractivity contribution in [3.8, 4) is 0 Å². The third-order valence-electron chi connectivity index (χ3n) is 3.65. The third-order valence-corrected chi connectivity index (χ3v) is 4.58. The number of halogens is 1. The van der Waals surface area contributed by atoms with Gasteiger partial charge < -0.3 is 16.4 Å². The molecule has 1 atom stereocenters. The number of hydrogen-bond donors (Lipinski definition) is 3. The van der Waals surface area contributed by atoms with Crippen LogP contribution in [0.1, 0.15) is 26.6 Å². The summed E-state index contributed by atoms with van der Waals surface area (Å²) in [7, 11) is 0. The molecule has 1 amide bonds. The van der Waals surface area contributed by atoms with Gasteiger partial charge in [-0.2, -0.15) is 15.0 Å². The lowest BCUT2D eigenvalue weighted by Crippen LogP contribution is -2.37. The van der Waals surface area contributed by atoms with E-state index in [1.165, 1.54) is 23.9 Å². The molecule has 0 bridgehead atoms. The van der Waals surface area contributed by atoms with Crippen LogP contribution in [0.2, 0.25) is 0 Å². The van der Waals surface area contributed by atoms with Crippen LogP contribution >= 0.6 is 11.8 Å². The average Bonchev–Trinajstić information content (AvgIpc) is 2.56. The van der Waals surface area contributed by atoms with Crippen LogP contribution in [0, 0.1) is 11.7 Å². The van der Waals surface area contributed by atoms with E-state index in [0.717, 1.165) is 0 Å². The summed E-state index contributed by atoms with van der Waals surface area (Å²) in [5.41, 5.74) is 6.35. The lowest BCUT2D eigenvalue weighted by molar-refractivity contribution is -0.119. The van der Waals surface area contributed by atoms with E-state index in [2.05, 4.69) is 39.4 Å². The third kappa shape index (κ3) is 6.47. The second kappa shape index (κ2) is 9.33. The molecule has 140 valence electrons. The summed E-state index contributed by atoms with van der Waals surface area (Å²) in [5, 5.41) is 5.90. The van der Waals surface area contributed by atoms with Gasteiger partial charge in [0.15, 0.2) is 0 Å². The molecule has 1 heterocycles. The number of carbonyl (C=O) groups is 1. The Morgan fingerprint density at radius 2 is 1.88 bits per heavy atom. The molecule has 26 heavy (non-hydrogen) atoms. The average molecular weight is 378 g/mol. The fourth-order valence-electron chi connectivity index (χ4n) is 1.92. The van der Waals surface area contributed by atoms with Crippen molar-refractivity contribution in [3.05, 3.63) is 35.9 Å². The molecule has 0 aliphatic rings. The van der Waals surface area contributed by atoms with Crippen molar-refractivity contribution in [1.29, 1.82) is 0 Å². The molecule has 2 rings (SSSR count). The standard InChI is InChI=1S/C17H23FN6OS/c1-10(2)11(3)20-15(25)9-26-8-14-22-16(19)24-17(23-14)21-13-6-4-12(18)5-7-13/h4-7,10-11H,8-9H2,1-3H3,(H,20,25)(H3,19,21,22,23,24). The molecule has 1 unspecified atom stereocenters. The summed E-state index contributed by atoms with van der Waals surface area (Å²) in [5.74, 6) is 1.59. The largest absolute Gasteiger partial charge is 0.368 e. The fraction of sp³-hybridized carbons (Fsp3) is 0.412. The highest BCUT2D eigenvalue weighted by atomic mass is 32.2. The smallest absolute Gasteiger partial charge is 0.232 e. The van der Waals surface area contributed by atoms with Crippen LogP contribution in [-0.2, 0) is 10.5 Å². The first-order chi connectivity index (χ1) is 12.3. The van der Waals surface area contributed by atoms with Gasteiger partial charge in [0.1, 0.15) is 11.6 Å². The Bertz CT molecular complexity index is 741. The van der Waals surface area contributed by atoms with Gasteiger partial charge in [0.25, 0.3) is 0 Å². The van der Waals surface area contributed by atoms with Crippen molar-refractivity contribution in [2.24, 2.45) is 5.92 Å². The zero-order valence-corrected chi connectivity index (χ0v) is 15.8. The first kappa shape index (κ1) is 19.9. The number of amides is 1. The van der Waals surface area contributed by atoms with Gasteiger partial charge in [-0.05, 0) is 37.1 Å². The number of nitrogens with two attached hydrogens (primary N) is 1. The second-order valence-electron chi connectivity index (χ2n) is 6.16. The van der Waals surface area contributed by atoms with Crippen molar-refractivity contribution in [2.45, 2.75) is 32.6 Å². The van der Waals surface area contributed by atoms with E-state index in [9.17, 15) is 9.18 Å². The number of rotatable bonds is 8. The number of hydrogen-bond acceptors (Lipinski definition) is 7. The highest BCUT2D eigenvalue weighted by Crippen LogP contribution is 2.16. The molecule has 0 spiro atoms. The van der Waals surface area contributed by atoms with Crippen molar-refractivity contribution in [2.75, 3.05) is 16.8 Å². The van der Waals surface area contributed by atoms with Gasteiger partial charge in [0.05, 0.1) is 11.5 Å². The predicted octanol–water partition coefficient (Wildman–Crippen LogP) is 2.73. The minimum Gasteiger partial charge on any atom is -0.368 e. The maximum atomic E-state index is 13.0. The first-order valence-electron chi connectivity index (χ1n) is 8.23. The van der Waals surface area contributed by atoms with Gasteiger partial charge in [-0.1, -0.05) is 13.8 Å². The first-order valence-corrected chi connectivity index (χ1v) is 9.39. The summed E-state index contributed by atoms with van der Waals surface area (Å²) in [4.78, 5) is 24.3. The van der Waals surface area contributed by atoms with Gasteiger partial charge in [-0.25, -0.2) is 4.39 Å². The molecule has 0 radical (unpaired) electrons. The van der Waals surface area contributed by atoms with E-state index < -0.39 is 0 Å². The van der Waals surface area contributed by atoms with Crippen molar-refractivity contribution in [3.63, 3.8) is 0 Å². The summed E-state index contributed by atoms with van der Waals surface area (Å²) in [6.07, 6.45) is 0. The maximum Gasteiger partial charge on any atom is 0.232 e. The molecule has 0 aliphatic carbocycles. The van der Waals surface area contributed by atoms with Gasteiger partial charge in [0.2, 0.25) is 17.8 Å². The minimum atomic E-state index is -0.326. The van der Waals surface area contributed by atoms with Gasteiger partial charge >= 0.3 is 0 Å². The molecule has 4 N–H and O–H groups in total. The van der Waals surface area contributed by atoms with Crippen LogP contribution in [0.25, 0.3) is 0 Å². The van der Waals surface area contributed by atoms with E-state index >= 15 is 0 Å². The number of nitrogens with zero attached hydrogens (tertiary/aromatic N) is 3. The Morgan fingerprint density at radius 1 is 1.19 bits per heavy atom. The summed E-state index contributed by atoms with van der Waals surface area (Å²) >= 11 is 1.40.